The van der Waals surface area contributed by atoms with E-state index in [1.165, 1.54) is 30.3 Å². The lowest BCUT2D eigenvalue weighted by Crippen LogP contribution is -2.50. The van der Waals surface area contributed by atoms with Crippen LogP contribution in [0.25, 0.3) is 0 Å². The Hall–Kier alpha value is -2.38. The summed E-state index contributed by atoms with van der Waals surface area (Å²) >= 11 is 3.25. The van der Waals surface area contributed by atoms with Crippen LogP contribution in [0.1, 0.15) is 52.5 Å². The summed E-state index contributed by atoms with van der Waals surface area (Å²) in [5.74, 6) is -2.52. The highest BCUT2D eigenvalue weighted by Crippen LogP contribution is 2.70. The molecule has 1 saturated carbocycles. The van der Waals surface area contributed by atoms with Crippen LogP contribution in [0, 0.1) is 11.6 Å². The molecule has 43 heavy (non-hydrogen) atoms. The molecule has 1 N–H and O–H groups in total. The van der Waals surface area contributed by atoms with Crippen LogP contribution < -0.4 is 5.32 Å². The summed E-state index contributed by atoms with van der Waals surface area (Å²) in [6, 6.07) is 7.81. The van der Waals surface area contributed by atoms with Gasteiger partial charge < -0.3 is 14.6 Å². The normalized spacial score (nSPS) is 21.2. The molecule has 2 aliphatic rings. The van der Waals surface area contributed by atoms with Crippen molar-refractivity contribution in [2.24, 2.45) is 0 Å². The minimum atomic E-state index is -4.26. The number of hydrogen-bond donors (Lipinski definition) is 1. The van der Waals surface area contributed by atoms with Gasteiger partial charge in [-0.2, -0.15) is 8.42 Å². The van der Waals surface area contributed by atoms with Gasteiger partial charge in [0.15, 0.2) is 0 Å². The van der Waals surface area contributed by atoms with Gasteiger partial charge in [-0.1, -0.05) is 22.0 Å². The van der Waals surface area contributed by atoms with Crippen molar-refractivity contribution in [2.45, 2.75) is 81.0 Å². The zero-order valence-corrected chi connectivity index (χ0v) is 27.4. The summed E-state index contributed by atoms with van der Waals surface area (Å²) in [6.45, 7) is 6.18. The first kappa shape index (κ1) is 33.5. The molecule has 15 heteroatoms. The van der Waals surface area contributed by atoms with E-state index in [1.807, 2.05) is 0 Å². The molecule has 236 valence electrons. The molecule has 1 unspecified atom stereocenters. The Morgan fingerprint density at radius 2 is 1.72 bits per heavy atom. The molecule has 2 aromatic rings. The van der Waals surface area contributed by atoms with Crippen LogP contribution in [-0.4, -0.2) is 61.5 Å². The number of amides is 2. The van der Waals surface area contributed by atoms with Crippen LogP contribution in [-0.2, 0) is 39.1 Å². The van der Waals surface area contributed by atoms with Crippen LogP contribution in [0.5, 0.6) is 0 Å². The monoisotopic (exact) mass is 706 g/mol. The van der Waals surface area contributed by atoms with Crippen LogP contribution in [0.3, 0.4) is 0 Å². The third-order valence-corrected chi connectivity index (χ3v) is 12.2. The molecule has 1 aliphatic heterocycles. The number of ether oxygens (including phenoxy) is 1. The lowest BCUT2D eigenvalue weighted by molar-refractivity contribution is -0.126. The fraction of sp³-hybridized carbons (Fsp3) is 0.500. The third kappa shape index (κ3) is 7.65. The number of nitrogens with one attached hydrogen (secondary N) is 1. The van der Waals surface area contributed by atoms with Gasteiger partial charge in [0, 0.05) is 16.5 Å². The van der Waals surface area contributed by atoms with E-state index in [4.69, 9.17) is 13.4 Å². The zero-order valence-electron chi connectivity index (χ0n) is 24.1. The number of halogens is 3. The highest BCUT2D eigenvalue weighted by molar-refractivity contribution is 9.10. The van der Waals surface area contributed by atoms with Crippen LogP contribution in [0.4, 0.5) is 13.6 Å². The van der Waals surface area contributed by atoms with Gasteiger partial charge in [-0.05, 0) is 76.9 Å². The summed E-state index contributed by atoms with van der Waals surface area (Å²) in [5.41, 5.74) is -1.34. The van der Waals surface area contributed by atoms with Crippen molar-refractivity contribution in [1.82, 2.24) is 10.2 Å². The average molecular weight is 708 g/mol. The first-order valence-corrected chi connectivity index (χ1v) is 17.7. The van der Waals surface area contributed by atoms with Crippen molar-refractivity contribution in [3.05, 3.63) is 64.1 Å². The van der Waals surface area contributed by atoms with Crippen molar-refractivity contribution in [2.75, 3.05) is 13.2 Å². The number of carbonyl (C=O) groups is 2. The fourth-order valence-corrected chi connectivity index (χ4v) is 9.07. The molecule has 0 spiro atoms. The standard InChI is InChI=1S/C28H34BrF2N2O8PS/c1-5-39-42(36,17-21-22(30)7-6-8-23(21)31)28(13-14-28)32-25(34)24-15-19(16-33(24)26(35)40-27(2,3)4)41-43(37,38)20-11-9-18(29)10-12-20/h6-12,19,24H,5,13-17H2,1-4H3,(H,32,34)/t19-,24-,42?/m0/s1. The SMILES string of the molecule is CCOP(=O)(Cc1c(F)cccc1F)C1(NC(=O)[C@@H]2C[C@H](OS(=O)(=O)c3ccc(Br)cc3)CN2C(=O)OC(C)(C)C)CC1. The van der Waals surface area contributed by atoms with E-state index in [9.17, 15) is 31.4 Å². The third-order valence-electron chi connectivity index (χ3n) is 7.06. The first-order valence-electron chi connectivity index (χ1n) is 13.7. The molecule has 1 saturated heterocycles. The molecular formula is C28H34BrF2N2O8PS. The van der Waals surface area contributed by atoms with Crippen molar-refractivity contribution in [3.8, 4) is 0 Å². The second-order valence-corrected chi connectivity index (χ2v) is 16.7. The Morgan fingerprint density at radius 3 is 2.26 bits per heavy atom. The van der Waals surface area contributed by atoms with E-state index < -0.39 is 75.9 Å². The van der Waals surface area contributed by atoms with Crippen molar-refractivity contribution < 1.29 is 44.8 Å². The Morgan fingerprint density at radius 1 is 1.12 bits per heavy atom. The molecule has 3 atom stereocenters. The Kier molecular flexibility index (Phi) is 9.78. The largest absolute Gasteiger partial charge is 0.444 e. The van der Waals surface area contributed by atoms with Gasteiger partial charge in [0.2, 0.25) is 13.3 Å². The number of nitrogens with zero attached hydrogens (tertiary/aromatic N) is 1. The van der Waals surface area contributed by atoms with Gasteiger partial charge >= 0.3 is 6.09 Å². The van der Waals surface area contributed by atoms with E-state index >= 15 is 0 Å². The van der Waals surface area contributed by atoms with Gasteiger partial charge in [0.05, 0.1) is 30.3 Å². The minimum Gasteiger partial charge on any atom is -0.444 e. The molecule has 1 aliphatic carbocycles. The molecule has 0 aromatic heterocycles. The predicted molar refractivity (Wildman–Crippen MR) is 157 cm³/mol. The van der Waals surface area contributed by atoms with Crippen molar-refractivity contribution >= 4 is 45.4 Å². The van der Waals surface area contributed by atoms with Gasteiger partial charge in [-0.3, -0.25) is 18.4 Å². The first-order chi connectivity index (χ1) is 20.0. The van der Waals surface area contributed by atoms with Crippen LogP contribution >= 0.6 is 23.3 Å². The maximum Gasteiger partial charge on any atom is 0.411 e. The number of carbonyl (C=O) groups excluding carboxylic acids is 2. The van der Waals surface area contributed by atoms with Crippen LogP contribution in [0.2, 0.25) is 0 Å². The van der Waals surface area contributed by atoms with E-state index in [-0.39, 0.29) is 37.3 Å². The van der Waals surface area contributed by atoms with E-state index in [2.05, 4.69) is 21.2 Å². The molecule has 4 rings (SSSR count). The van der Waals surface area contributed by atoms with Gasteiger partial charge in [0.25, 0.3) is 10.1 Å². The van der Waals surface area contributed by atoms with Gasteiger partial charge in [0.1, 0.15) is 28.6 Å². The van der Waals surface area contributed by atoms with E-state index in [0.717, 1.165) is 17.0 Å². The summed E-state index contributed by atoms with van der Waals surface area (Å²) < 4.78 is 86.3. The molecular weight excluding hydrogens is 673 g/mol. The van der Waals surface area contributed by atoms with Gasteiger partial charge in [-0.25, -0.2) is 13.6 Å². The maximum absolute atomic E-state index is 14.5. The molecule has 0 bridgehead atoms. The number of hydrogen-bond acceptors (Lipinski definition) is 8. The molecule has 10 nitrogen and oxygen atoms in total. The van der Waals surface area contributed by atoms with Crippen molar-refractivity contribution in [3.63, 3.8) is 0 Å². The lowest BCUT2D eigenvalue weighted by atomic mass is 10.2. The Bertz CT molecular complexity index is 1510. The van der Waals surface area contributed by atoms with Gasteiger partial charge in [-0.15, -0.1) is 0 Å². The second-order valence-electron chi connectivity index (χ2n) is 11.5. The maximum atomic E-state index is 14.5. The molecule has 0 radical (unpaired) electrons. The van der Waals surface area contributed by atoms with Crippen molar-refractivity contribution in [1.29, 1.82) is 0 Å². The zero-order chi connectivity index (χ0) is 31.8. The smallest absolute Gasteiger partial charge is 0.411 e. The lowest BCUT2D eigenvalue weighted by Gasteiger charge is -2.32. The van der Waals surface area contributed by atoms with E-state index in [0.29, 0.717) is 4.47 Å². The second kappa shape index (κ2) is 12.5. The summed E-state index contributed by atoms with van der Waals surface area (Å²) in [4.78, 5) is 27.8. The summed E-state index contributed by atoms with van der Waals surface area (Å²) in [6.07, 6.45) is -2.34. The summed E-state index contributed by atoms with van der Waals surface area (Å²) in [5, 5.41) is 1.31. The Balaban J connectivity index is 1.59. The molecule has 2 aromatic carbocycles. The highest BCUT2D eigenvalue weighted by atomic mass is 79.9. The molecule has 2 amide bonds. The highest BCUT2D eigenvalue weighted by Gasteiger charge is 2.61. The topological polar surface area (TPSA) is 128 Å². The number of rotatable bonds is 10. The molecule has 2 fully saturated rings. The molecule has 1 heterocycles. The minimum absolute atomic E-state index is 0.0394. The Labute approximate surface area is 258 Å². The fourth-order valence-electron chi connectivity index (χ4n) is 4.88. The average Bonchev–Trinajstić information content (AvgIpc) is 3.57. The quantitative estimate of drug-likeness (QED) is 0.238. The number of likely N-dealkylation sites (tertiary alicyclic amines) is 1. The van der Waals surface area contributed by atoms with Crippen LogP contribution in [0.15, 0.2) is 51.8 Å². The van der Waals surface area contributed by atoms with E-state index in [1.54, 1.807) is 27.7 Å². The summed E-state index contributed by atoms with van der Waals surface area (Å²) in [7, 11) is -8.19. The number of benzene rings is 2. The predicted octanol–water partition coefficient (Wildman–Crippen LogP) is 5.93.